The number of anilines is 6. The van der Waals surface area contributed by atoms with Crippen molar-refractivity contribution in [2.45, 2.75) is 337 Å². The SMILES string of the molecule is CCCCCCCCC1(CCCCCCCC)c2cc(N(c3ccc(C)cc3)c3ccc4c(c3)C(C)(C)C(C)(C)C4(C)C)ccc2-c2cc3c(cc21)-c1ccc(N(c2ccc(C)cc2)c2ccc4c(c2)C(C)(C)C(C)(C)C4(C)C)cc1C3(CCCCCCCC)CCCCCCCC. The monoisotopic (exact) mass is 1310 g/mol. The summed E-state index contributed by atoms with van der Waals surface area (Å²) in [5.74, 6) is 0. The third-order valence-corrected chi connectivity index (χ3v) is 28.2. The van der Waals surface area contributed by atoms with Crippen LogP contribution in [0.3, 0.4) is 0 Å². The van der Waals surface area contributed by atoms with Crippen LogP contribution in [-0.2, 0) is 32.5 Å². The Labute approximate surface area is 599 Å². The molecule has 0 fully saturated rings. The van der Waals surface area contributed by atoms with Crippen molar-refractivity contribution in [1.82, 2.24) is 0 Å². The molecule has 7 aromatic rings. The van der Waals surface area contributed by atoms with Crippen molar-refractivity contribution in [3.8, 4) is 22.3 Å². The third kappa shape index (κ3) is 13.1. The molecule has 526 valence electrons. The van der Waals surface area contributed by atoms with Gasteiger partial charge in [0, 0.05) is 45.0 Å². The van der Waals surface area contributed by atoms with Crippen LogP contribution in [0.1, 0.15) is 346 Å². The van der Waals surface area contributed by atoms with Gasteiger partial charge in [0.25, 0.3) is 0 Å². The first-order valence-corrected chi connectivity index (χ1v) is 40.3. The molecule has 2 heteroatoms. The molecule has 0 N–H and O–H groups in total. The molecule has 0 radical (unpaired) electrons. The van der Waals surface area contributed by atoms with Crippen LogP contribution in [0.5, 0.6) is 0 Å². The van der Waals surface area contributed by atoms with Gasteiger partial charge in [-0.1, -0.05) is 325 Å². The minimum atomic E-state index is -0.130. The summed E-state index contributed by atoms with van der Waals surface area (Å²) in [6.07, 6.45) is 36.0. The molecule has 0 saturated heterocycles. The van der Waals surface area contributed by atoms with Crippen LogP contribution in [0.15, 0.2) is 133 Å². The highest BCUT2D eigenvalue weighted by atomic mass is 15.1. The lowest BCUT2D eigenvalue weighted by atomic mass is 9.59. The van der Waals surface area contributed by atoms with Gasteiger partial charge in [0.15, 0.2) is 0 Å². The zero-order valence-electron chi connectivity index (χ0n) is 65.4. The highest BCUT2D eigenvalue weighted by Gasteiger charge is 2.58. The Hall–Kier alpha value is -5.86. The van der Waals surface area contributed by atoms with E-state index < -0.39 is 0 Å². The predicted molar refractivity (Wildman–Crippen MR) is 429 cm³/mol. The Morgan fingerprint density at radius 2 is 0.459 bits per heavy atom. The van der Waals surface area contributed by atoms with Crippen LogP contribution in [0.4, 0.5) is 34.1 Å². The number of nitrogens with zero attached hydrogens (tertiary/aromatic N) is 2. The Kier molecular flexibility index (Phi) is 22.2. The quantitative estimate of drug-likeness (QED) is 0.0371. The van der Waals surface area contributed by atoms with E-state index in [2.05, 4.69) is 268 Å². The maximum absolute atomic E-state index is 2.88. The molecule has 0 heterocycles. The molecule has 4 aliphatic rings. The average molecular weight is 1310 g/mol. The largest absolute Gasteiger partial charge is 0.310 e. The van der Waals surface area contributed by atoms with Gasteiger partial charge in [-0.3, -0.25) is 0 Å². The van der Waals surface area contributed by atoms with Crippen LogP contribution < -0.4 is 9.80 Å². The summed E-state index contributed by atoms with van der Waals surface area (Å²) in [7, 11) is 0. The molecule has 0 bridgehead atoms. The number of fused-ring (bicyclic) bond motifs is 8. The van der Waals surface area contributed by atoms with E-state index >= 15 is 0 Å². The first kappa shape index (κ1) is 73.4. The summed E-state index contributed by atoms with van der Waals surface area (Å²) in [5.41, 5.74) is 28.5. The second kappa shape index (κ2) is 29.6. The van der Waals surface area contributed by atoms with E-state index in [0.29, 0.717) is 0 Å². The molecule has 0 aromatic heterocycles. The van der Waals surface area contributed by atoms with Crippen molar-refractivity contribution in [3.63, 3.8) is 0 Å². The zero-order valence-corrected chi connectivity index (χ0v) is 65.4. The van der Waals surface area contributed by atoms with Gasteiger partial charge >= 0.3 is 0 Å². The normalized spacial score (nSPS) is 17.7. The van der Waals surface area contributed by atoms with Crippen molar-refractivity contribution in [1.29, 1.82) is 0 Å². The van der Waals surface area contributed by atoms with E-state index in [1.54, 1.807) is 22.3 Å². The van der Waals surface area contributed by atoms with E-state index in [1.807, 2.05) is 0 Å². The zero-order chi connectivity index (χ0) is 70.1. The standard InChI is InChI=1S/C96H132N2/c1-19-23-27-31-35-39-59-95(60-40-36-32-28-24-20-2)83-63-73(97(71-47-43-69(5)44-48-71)75-53-57-81-87(65-75)91(11,12)93(15,16)89(81,7)8)51-55-77(83)79-68-86-80(67-85(79)95)78-56-52-74(64-84(78)96(86,61-41-37-33-29-25-21-3)62-42-38-34-30-26-22-4)98(72-49-45-70(6)46-50-72)76-54-58-82-88(66-76)92(13,14)94(17,18)90(82,9)10/h43-58,63-68H,19-42,59-62H2,1-18H3. The minimum Gasteiger partial charge on any atom is -0.310 e. The van der Waals surface area contributed by atoms with Gasteiger partial charge in [-0.05, 0) is 224 Å². The van der Waals surface area contributed by atoms with Crippen molar-refractivity contribution in [2.75, 3.05) is 9.80 Å². The van der Waals surface area contributed by atoms with Gasteiger partial charge in [-0.25, -0.2) is 0 Å². The van der Waals surface area contributed by atoms with Crippen LogP contribution in [0.2, 0.25) is 0 Å². The maximum atomic E-state index is 2.88. The number of unbranched alkanes of at least 4 members (excludes halogenated alkanes) is 20. The summed E-state index contributed by atoms with van der Waals surface area (Å²) in [6, 6.07) is 55.6. The Balaban J connectivity index is 1.14. The summed E-state index contributed by atoms with van der Waals surface area (Å²) >= 11 is 0. The molecule has 0 unspecified atom stereocenters. The third-order valence-electron chi connectivity index (χ3n) is 28.2. The smallest absolute Gasteiger partial charge is 0.0465 e. The lowest BCUT2D eigenvalue weighted by Gasteiger charge is -2.44. The first-order chi connectivity index (χ1) is 46.8. The molecule has 0 aliphatic heterocycles. The van der Waals surface area contributed by atoms with Gasteiger partial charge in [-0.15, -0.1) is 0 Å². The summed E-state index contributed by atoms with van der Waals surface area (Å²) in [5, 5.41) is 0. The molecule has 0 saturated carbocycles. The van der Waals surface area contributed by atoms with E-state index in [9.17, 15) is 0 Å². The van der Waals surface area contributed by atoms with Crippen LogP contribution in [0.25, 0.3) is 22.3 Å². The van der Waals surface area contributed by atoms with Crippen LogP contribution in [0, 0.1) is 24.7 Å². The van der Waals surface area contributed by atoms with E-state index in [4.69, 9.17) is 0 Å². The minimum absolute atomic E-state index is 0.0151. The van der Waals surface area contributed by atoms with Gasteiger partial charge in [0.05, 0.1) is 0 Å². The Bertz CT molecular complexity index is 3570. The first-order valence-electron chi connectivity index (χ1n) is 40.3. The topological polar surface area (TPSA) is 6.48 Å². The molecule has 11 rings (SSSR count). The van der Waals surface area contributed by atoms with Gasteiger partial charge in [-0.2, -0.15) is 0 Å². The molecule has 7 aromatic carbocycles. The summed E-state index contributed by atoms with van der Waals surface area (Å²) < 4.78 is 0. The fourth-order valence-electron chi connectivity index (χ4n) is 19.5. The maximum Gasteiger partial charge on any atom is 0.0465 e. The molecule has 2 nitrogen and oxygen atoms in total. The highest BCUT2D eigenvalue weighted by Crippen LogP contribution is 2.66. The van der Waals surface area contributed by atoms with E-state index in [-0.39, 0.29) is 43.3 Å². The van der Waals surface area contributed by atoms with Crippen molar-refractivity contribution >= 4 is 34.1 Å². The van der Waals surface area contributed by atoms with Crippen molar-refractivity contribution < 1.29 is 0 Å². The molecule has 0 atom stereocenters. The fourth-order valence-corrected chi connectivity index (χ4v) is 19.5. The number of hydrogen-bond donors (Lipinski definition) is 0. The Morgan fingerprint density at radius 3 is 0.755 bits per heavy atom. The molecule has 0 spiro atoms. The summed E-state index contributed by atoms with van der Waals surface area (Å²) in [6.45, 7) is 44.0. The van der Waals surface area contributed by atoms with Crippen molar-refractivity contribution in [2.24, 2.45) is 10.8 Å². The van der Waals surface area contributed by atoms with Crippen molar-refractivity contribution in [3.05, 3.63) is 189 Å². The molecule has 4 aliphatic carbocycles. The second-order valence-electron chi connectivity index (χ2n) is 35.2. The predicted octanol–water partition coefficient (Wildman–Crippen LogP) is 30.0. The number of rotatable bonds is 34. The van der Waals surface area contributed by atoms with Gasteiger partial charge in [0.2, 0.25) is 0 Å². The fraction of sp³-hybridized carbons (Fsp3) is 0.562. The second-order valence-corrected chi connectivity index (χ2v) is 35.2. The van der Waals surface area contributed by atoms with Gasteiger partial charge < -0.3 is 9.80 Å². The lowest BCUT2D eigenvalue weighted by molar-refractivity contribution is 0.125. The van der Waals surface area contributed by atoms with Crippen LogP contribution in [-0.4, -0.2) is 0 Å². The number of hydrogen-bond acceptors (Lipinski definition) is 2. The Morgan fingerprint density at radius 1 is 0.224 bits per heavy atom. The lowest BCUT2D eigenvalue weighted by Crippen LogP contribution is -2.42. The molecule has 98 heavy (non-hydrogen) atoms. The molecular weight excluding hydrogens is 1180 g/mol. The van der Waals surface area contributed by atoms with Crippen LogP contribution >= 0.6 is 0 Å². The molecular formula is C96H132N2. The van der Waals surface area contributed by atoms with E-state index in [0.717, 1.165) is 0 Å². The number of benzene rings is 7. The number of aryl methyl sites for hydroxylation is 2. The molecule has 0 amide bonds. The summed E-state index contributed by atoms with van der Waals surface area (Å²) in [4.78, 5) is 5.28. The van der Waals surface area contributed by atoms with E-state index in [1.165, 1.54) is 270 Å². The van der Waals surface area contributed by atoms with Gasteiger partial charge in [0.1, 0.15) is 0 Å². The highest BCUT2D eigenvalue weighted by molar-refractivity contribution is 5.93. The average Bonchev–Trinajstić information content (AvgIpc) is 1.54.